The number of hydrogen-bond acceptors (Lipinski definition) is 5. The van der Waals surface area contributed by atoms with Crippen LogP contribution in [0.1, 0.15) is 67.2 Å². The zero-order valence-corrected chi connectivity index (χ0v) is 14.4. The van der Waals surface area contributed by atoms with Gasteiger partial charge in [0.25, 0.3) is 0 Å². The van der Waals surface area contributed by atoms with E-state index in [0.29, 0.717) is 11.1 Å². The molecule has 0 N–H and O–H groups in total. The number of esters is 1. The van der Waals surface area contributed by atoms with Crippen molar-refractivity contribution in [3.8, 4) is 5.75 Å². The molecule has 0 bridgehead atoms. The Kier molecular flexibility index (Phi) is 3.87. The van der Waals surface area contributed by atoms with Crippen molar-refractivity contribution in [3.63, 3.8) is 0 Å². The number of fused-ring (bicyclic) bond motifs is 2. The second kappa shape index (κ2) is 5.77. The normalized spacial score (nSPS) is 12.5. The number of carbonyl (C=O) groups excluding carboxylic acids is 4. The monoisotopic (exact) mass is 336 g/mol. The minimum absolute atomic E-state index is 0.0194. The van der Waals surface area contributed by atoms with E-state index in [4.69, 9.17) is 4.74 Å². The Hall–Kier alpha value is -3.08. The van der Waals surface area contributed by atoms with Crippen molar-refractivity contribution in [2.45, 2.75) is 27.7 Å². The second-order valence-corrected chi connectivity index (χ2v) is 6.18. The summed E-state index contributed by atoms with van der Waals surface area (Å²) in [5, 5.41) is 0. The lowest BCUT2D eigenvalue weighted by atomic mass is 9.80. The largest absolute Gasteiger partial charge is 0.425 e. The maximum Gasteiger partial charge on any atom is 0.308 e. The Bertz CT molecular complexity index is 982. The van der Waals surface area contributed by atoms with Gasteiger partial charge in [0, 0.05) is 23.6 Å². The molecular formula is C20H16O5. The molecule has 126 valence electrons. The number of carbonyl (C=O) groups is 4. The molecule has 5 heteroatoms. The number of aryl methyl sites for hydroxylation is 2. The zero-order chi connectivity index (χ0) is 18.5. The van der Waals surface area contributed by atoms with E-state index in [9.17, 15) is 19.2 Å². The molecule has 0 saturated heterocycles. The highest BCUT2D eigenvalue weighted by molar-refractivity contribution is 6.30. The summed E-state index contributed by atoms with van der Waals surface area (Å²) in [6, 6.07) is 6.53. The van der Waals surface area contributed by atoms with Crippen molar-refractivity contribution in [1.29, 1.82) is 0 Å². The quantitative estimate of drug-likeness (QED) is 0.408. The van der Waals surface area contributed by atoms with Crippen molar-refractivity contribution in [1.82, 2.24) is 0 Å². The van der Waals surface area contributed by atoms with Gasteiger partial charge in [-0.15, -0.1) is 0 Å². The molecule has 0 aliphatic heterocycles. The highest BCUT2D eigenvalue weighted by atomic mass is 16.5. The predicted octanol–water partition coefficient (Wildman–Crippen LogP) is 3.21. The van der Waals surface area contributed by atoms with E-state index in [1.807, 2.05) is 6.92 Å². The van der Waals surface area contributed by atoms with Gasteiger partial charge in [0.1, 0.15) is 0 Å². The van der Waals surface area contributed by atoms with Gasteiger partial charge in [-0.1, -0.05) is 17.7 Å². The lowest BCUT2D eigenvalue weighted by Crippen LogP contribution is -2.24. The van der Waals surface area contributed by atoms with Gasteiger partial charge in [-0.25, -0.2) is 0 Å². The SMILES string of the molecule is CC(=O)Oc1c(C(C)=O)c(C)cc2c1C(=O)c1cc(C)ccc1C2=O. The van der Waals surface area contributed by atoms with Crippen LogP contribution < -0.4 is 4.74 Å². The summed E-state index contributed by atoms with van der Waals surface area (Å²) in [6.45, 7) is 5.98. The van der Waals surface area contributed by atoms with Crippen LogP contribution in [0.4, 0.5) is 0 Å². The van der Waals surface area contributed by atoms with Gasteiger partial charge in [0.05, 0.1) is 11.1 Å². The number of Topliss-reactive ketones (excluding diaryl/α,β-unsaturated/α-hetero) is 1. The summed E-state index contributed by atoms with van der Waals surface area (Å²) in [6.07, 6.45) is 0. The Labute approximate surface area is 144 Å². The maximum atomic E-state index is 13.0. The van der Waals surface area contributed by atoms with Crippen LogP contribution >= 0.6 is 0 Å². The number of ketones is 3. The first-order valence-electron chi connectivity index (χ1n) is 7.79. The summed E-state index contributed by atoms with van der Waals surface area (Å²) in [5.74, 6) is -1.87. The van der Waals surface area contributed by atoms with Crippen molar-refractivity contribution < 1.29 is 23.9 Å². The van der Waals surface area contributed by atoms with Gasteiger partial charge in [-0.3, -0.25) is 19.2 Å². The van der Waals surface area contributed by atoms with Crippen LogP contribution in [-0.2, 0) is 4.79 Å². The molecular weight excluding hydrogens is 320 g/mol. The molecule has 3 rings (SSSR count). The van der Waals surface area contributed by atoms with Crippen molar-refractivity contribution in [2.24, 2.45) is 0 Å². The molecule has 5 nitrogen and oxygen atoms in total. The maximum absolute atomic E-state index is 13.0. The molecule has 0 spiro atoms. The lowest BCUT2D eigenvalue weighted by molar-refractivity contribution is -0.131. The number of hydrogen-bond donors (Lipinski definition) is 0. The van der Waals surface area contributed by atoms with E-state index < -0.39 is 11.8 Å². The van der Waals surface area contributed by atoms with Crippen molar-refractivity contribution in [3.05, 3.63) is 63.2 Å². The first-order chi connectivity index (χ1) is 11.7. The van der Waals surface area contributed by atoms with E-state index in [1.54, 1.807) is 25.1 Å². The lowest BCUT2D eigenvalue weighted by Gasteiger charge is -2.22. The second-order valence-electron chi connectivity index (χ2n) is 6.18. The Morgan fingerprint density at radius 1 is 0.880 bits per heavy atom. The van der Waals surface area contributed by atoms with Crippen LogP contribution in [0.2, 0.25) is 0 Å². The van der Waals surface area contributed by atoms with Crippen LogP contribution in [0.5, 0.6) is 5.75 Å². The van der Waals surface area contributed by atoms with Gasteiger partial charge in [0.2, 0.25) is 0 Å². The van der Waals surface area contributed by atoms with E-state index >= 15 is 0 Å². The summed E-state index contributed by atoms with van der Waals surface area (Å²) in [5.41, 5.74) is 2.16. The van der Waals surface area contributed by atoms with Crippen LogP contribution in [0.15, 0.2) is 24.3 Å². The van der Waals surface area contributed by atoms with Gasteiger partial charge >= 0.3 is 5.97 Å². The van der Waals surface area contributed by atoms with E-state index in [-0.39, 0.29) is 39.6 Å². The molecule has 2 aromatic carbocycles. The van der Waals surface area contributed by atoms with Gasteiger partial charge < -0.3 is 4.74 Å². The zero-order valence-electron chi connectivity index (χ0n) is 14.4. The fraction of sp³-hybridized carbons (Fsp3) is 0.200. The van der Waals surface area contributed by atoms with Crippen LogP contribution in [-0.4, -0.2) is 23.3 Å². The van der Waals surface area contributed by atoms with Gasteiger partial charge in [-0.05, 0) is 38.5 Å². The third-order valence-corrected chi connectivity index (χ3v) is 4.21. The average Bonchev–Trinajstić information content (AvgIpc) is 2.51. The Morgan fingerprint density at radius 3 is 2.16 bits per heavy atom. The molecule has 0 aromatic heterocycles. The molecule has 0 atom stereocenters. The molecule has 25 heavy (non-hydrogen) atoms. The molecule has 1 aliphatic rings. The number of rotatable bonds is 2. The average molecular weight is 336 g/mol. The minimum atomic E-state index is -0.661. The summed E-state index contributed by atoms with van der Waals surface area (Å²) in [4.78, 5) is 49.5. The fourth-order valence-electron chi connectivity index (χ4n) is 3.20. The molecule has 2 aromatic rings. The van der Waals surface area contributed by atoms with Crippen LogP contribution in [0.3, 0.4) is 0 Å². The fourth-order valence-corrected chi connectivity index (χ4v) is 3.20. The summed E-state index contributed by atoms with van der Waals surface area (Å²) < 4.78 is 5.22. The molecule has 0 saturated carbocycles. The first kappa shape index (κ1) is 16.8. The van der Waals surface area contributed by atoms with Crippen molar-refractivity contribution in [2.75, 3.05) is 0 Å². The number of ether oxygens (including phenoxy) is 1. The topological polar surface area (TPSA) is 77.5 Å². The molecule has 1 aliphatic carbocycles. The smallest absolute Gasteiger partial charge is 0.308 e. The third-order valence-electron chi connectivity index (χ3n) is 4.21. The van der Waals surface area contributed by atoms with E-state index in [0.717, 1.165) is 5.56 Å². The molecule has 0 heterocycles. The molecule has 0 amide bonds. The molecule has 0 unspecified atom stereocenters. The van der Waals surface area contributed by atoms with E-state index in [2.05, 4.69) is 0 Å². The Balaban J connectivity index is 2.40. The van der Waals surface area contributed by atoms with E-state index in [1.165, 1.54) is 19.9 Å². The van der Waals surface area contributed by atoms with Crippen LogP contribution in [0.25, 0.3) is 0 Å². The van der Waals surface area contributed by atoms with Gasteiger partial charge in [0.15, 0.2) is 23.1 Å². The highest BCUT2D eigenvalue weighted by Gasteiger charge is 2.35. The Morgan fingerprint density at radius 2 is 1.56 bits per heavy atom. The minimum Gasteiger partial charge on any atom is -0.425 e. The first-order valence-corrected chi connectivity index (χ1v) is 7.79. The highest BCUT2D eigenvalue weighted by Crippen LogP contribution is 2.38. The van der Waals surface area contributed by atoms with Crippen LogP contribution in [0, 0.1) is 13.8 Å². The summed E-state index contributed by atoms with van der Waals surface area (Å²) >= 11 is 0. The van der Waals surface area contributed by atoms with Crippen molar-refractivity contribution >= 4 is 23.3 Å². The molecule has 0 radical (unpaired) electrons. The third kappa shape index (κ3) is 2.58. The standard InChI is InChI=1S/C20H16O5/c1-9-5-6-13-14(7-9)19(24)17-15(18(13)23)8-10(2)16(11(3)21)20(17)25-12(4)22/h5-8H,1-4H3. The van der Waals surface area contributed by atoms with Gasteiger partial charge in [-0.2, -0.15) is 0 Å². The molecule has 0 fully saturated rings. The summed E-state index contributed by atoms with van der Waals surface area (Å²) in [7, 11) is 0. The number of benzene rings is 2. The predicted molar refractivity (Wildman–Crippen MR) is 90.5 cm³/mol.